The van der Waals surface area contributed by atoms with Crippen LogP contribution in [0.3, 0.4) is 0 Å². The number of nitrogens with zero attached hydrogens (tertiary/aromatic N) is 4. The van der Waals surface area contributed by atoms with E-state index in [1.165, 1.54) is 24.1 Å². The predicted octanol–water partition coefficient (Wildman–Crippen LogP) is 1.79. The molecule has 2 aromatic heterocycles. The molecule has 0 bridgehead atoms. The summed E-state index contributed by atoms with van der Waals surface area (Å²) >= 11 is 0. The minimum absolute atomic E-state index is 0.666. The van der Waals surface area contributed by atoms with Gasteiger partial charge in [0.05, 0.1) is 6.54 Å². The zero-order valence-electron chi connectivity index (χ0n) is 10.6. The van der Waals surface area contributed by atoms with Crippen LogP contribution >= 0.6 is 0 Å². The van der Waals surface area contributed by atoms with Gasteiger partial charge in [0.2, 0.25) is 0 Å². The van der Waals surface area contributed by atoms with E-state index in [-0.39, 0.29) is 0 Å². The summed E-state index contributed by atoms with van der Waals surface area (Å²) in [4.78, 5) is 4.64. The average Bonchev–Trinajstić information content (AvgIpc) is 3.04. The Bertz CT molecular complexity index is 546. The highest BCUT2D eigenvalue weighted by atomic mass is 15.3. The van der Waals surface area contributed by atoms with Crippen LogP contribution < -0.4 is 5.32 Å². The Morgan fingerprint density at radius 2 is 2.28 bits per heavy atom. The summed E-state index contributed by atoms with van der Waals surface area (Å²) in [7, 11) is 0. The van der Waals surface area contributed by atoms with Gasteiger partial charge in [0, 0.05) is 12.2 Å². The minimum Gasteiger partial charge on any atom is -0.363 e. The van der Waals surface area contributed by atoms with Gasteiger partial charge in [-0.2, -0.15) is 0 Å². The first-order valence-electron chi connectivity index (χ1n) is 6.46. The molecule has 1 aliphatic carbocycles. The van der Waals surface area contributed by atoms with Crippen molar-refractivity contribution >= 4 is 5.82 Å². The largest absolute Gasteiger partial charge is 0.363 e. The summed E-state index contributed by atoms with van der Waals surface area (Å²) in [6.45, 7) is 3.64. The van der Waals surface area contributed by atoms with Crippen molar-refractivity contribution in [1.29, 1.82) is 0 Å². The third kappa shape index (κ3) is 2.08. The summed E-state index contributed by atoms with van der Waals surface area (Å²) in [6, 6.07) is 4.24. The van der Waals surface area contributed by atoms with Gasteiger partial charge in [-0.05, 0) is 37.8 Å². The summed E-state index contributed by atoms with van der Waals surface area (Å²) < 4.78 is 2.03. The predicted molar refractivity (Wildman–Crippen MR) is 69.3 cm³/mol. The standard InChI is InChI=1S/C13H17N5/c1-2-18-9-15-17-13(18)8-14-12-7-6-10-4-3-5-11(10)16-12/h6-7,9H,2-5,8H2,1H3,(H,14,16). The molecule has 2 aromatic rings. The first-order chi connectivity index (χ1) is 8.86. The highest BCUT2D eigenvalue weighted by Crippen LogP contribution is 2.21. The van der Waals surface area contributed by atoms with E-state index in [4.69, 9.17) is 0 Å². The first-order valence-corrected chi connectivity index (χ1v) is 6.46. The van der Waals surface area contributed by atoms with Crippen LogP contribution in [0, 0.1) is 0 Å². The van der Waals surface area contributed by atoms with E-state index in [1.807, 2.05) is 4.57 Å². The Morgan fingerprint density at radius 1 is 1.33 bits per heavy atom. The molecule has 0 aliphatic heterocycles. The number of rotatable bonds is 4. The highest BCUT2D eigenvalue weighted by molar-refractivity contribution is 5.40. The SMILES string of the molecule is CCn1cnnc1CNc1ccc2c(n1)CCC2. The lowest BCUT2D eigenvalue weighted by Crippen LogP contribution is -2.09. The van der Waals surface area contributed by atoms with E-state index < -0.39 is 0 Å². The van der Waals surface area contributed by atoms with Gasteiger partial charge in [0.1, 0.15) is 12.1 Å². The number of hydrogen-bond donors (Lipinski definition) is 1. The molecule has 18 heavy (non-hydrogen) atoms. The molecule has 0 atom stereocenters. The molecule has 5 heteroatoms. The van der Waals surface area contributed by atoms with Gasteiger partial charge < -0.3 is 9.88 Å². The molecule has 0 amide bonds. The van der Waals surface area contributed by atoms with Crippen molar-refractivity contribution in [2.75, 3.05) is 5.32 Å². The van der Waals surface area contributed by atoms with Crippen LogP contribution in [0.15, 0.2) is 18.5 Å². The van der Waals surface area contributed by atoms with Crippen LogP contribution in [-0.2, 0) is 25.9 Å². The van der Waals surface area contributed by atoms with Gasteiger partial charge in [-0.15, -0.1) is 10.2 Å². The number of pyridine rings is 1. The molecule has 1 aliphatic rings. The van der Waals surface area contributed by atoms with Crippen LogP contribution in [0.5, 0.6) is 0 Å². The Balaban J connectivity index is 1.70. The lowest BCUT2D eigenvalue weighted by molar-refractivity contribution is 0.707. The number of aryl methyl sites for hydroxylation is 3. The van der Waals surface area contributed by atoms with E-state index in [0.717, 1.165) is 24.6 Å². The zero-order valence-corrected chi connectivity index (χ0v) is 10.6. The van der Waals surface area contributed by atoms with Crippen LogP contribution in [0.4, 0.5) is 5.82 Å². The molecular weight excluding hydrogens is 226 g/mol. The average molecular weight is 243 g/mol. The van der Waals surface area contributed by atoms with Crippen molar-refractivity contribution in [2.24, 2.45) is 0 Å². The second kappa shape index (κ2) is 4.76. The molecule has 3 rings (SSSR count). The van der Waals surface area contributed by atoms with Crippen molar-refractivity contribution in [3.63, 3.8) is 0 Å². The molecule has 0 saturated carbocycles. The van der Waals surface area contributed by atoms with Crippen LogP contribution in [-0.4, -0.2) is 19.7 Å². The molecule has 2 heterocycles. The second-order valence-corrected chi connectivity index (χ2v) is 4.54. The monoisotopic (exact) mass is 243 g/mol. The highest BCUT2D eigenvalue weighted by Gasteiger charge is 2.12. The van der Waals surface area contributed by atoms with Crippen molar-refractivity contribution in [1.82, 2.24) is 19.7 Å². The van der Waals surface area contributed by atoms with Gasteiger partial charge in [-0.25, -0.2) is 4.98 Å². The fourth-order valence-electron chi connectivity index (χ4n) is 2.37. The van der Waals surface area contributed by atoms with Crippen LogP contribution in [0.25, 0.3) is 0 Å². The fraction of sp³-hybridized carbons (Fsp3) is 0.462. The molecule has 94 valence electrons. The maximum absolute atomic E-state index is 4.64. The summed E-state index contributed by atoms with van der Waals surface area (Å²) in [6.07, 6.45) is 5.27. The van der Waals surface area contributed by atoms with E-state index in [1.54, 1.807) is 6.33 Å². The van der Waals surface area contributed by atoms with Crippen molar-refractivity contribution in [3.05, 3.63) is 35.5 Å². The molecule has 0 aromatic carbocycles. The maximum Gasteiger partial charge on any atom is 0.152 e. The minimum atomic E-state index is 0.666. The third-order valence-electron chi connectivity index (χ3n) is 3.39. The molecule has 0 spiro atoms. The third-order valence-corrected chi connectivity index (χ3v) is 3.39. The zero-order chi connectivity index (χ0) is 12.4. The fourth-order valence-corrected chi connectivity index (χ4v) is 2.37. The lowest BCUT2D eigenvalue weighted by Gasteiger charge is -2.07. The molecule has 0 unspecified atom stereocenters. The molecule has 1 N–H and O–H groups in total. The van der Waals surface area contributed by atoms with Gasteiger partial charge in [-0.3, -0.25) is 0 Å². The summed E-state index contributed by atoms with van der Waals surface area (Å²) in [5.41, 5.74) is 2.65. The van der Waals surface area contributed by atoms with Crippen LogP contribution in [0.2, 0.25) is 0 Å². The smallest absolute Gasteiger partial charge is 0.152 e. The molecule has 0 fully saturated rings. The van der Waals surface area contributed by atoms with Gasteiger partial charge in [0.25, 0.3) is 0 Å². The van der Waals surface area contributed by atoms with Crippen molar-refractivity contribution in [2.45, 2.75) is 39.3 Å². The van der Waals surface area contributed by atoms with E-state index >= 15 is 0 Å². The Labute approximate surface area is 106 Å². The molecule has 0 saturated heterocycles. The molecule has 0 radical (unpaired) electrons. The van der Waals surface area contributed by atoms with Gasteiger partial charge >= 0.3 is 0 Å². The lowest BCUT2D eigenvalue weighted by atomic mass is 10.2. The number of anilines is 1. The maximum atomic E-state index is 4.64. The Morgan fingerprint density at radius 3 is 3.17 bits per heavy atom. The van der Waals surface area contributed by atoms with Crippen LogP contribution in [0.1, 0.15) is 30.4 Å². The topological polar surface area (TPSA) is 55.6 Å². The van der Waals surface area contributed by atoms with E-state index in [9.17, 15) is 0 Å². The number of aromatic nitrogens is 4. The number of fused-ring (bicyclic) bond motifs is 1. The van der Waals surface area contributed by atoms with Gasteiger partial charge in [0.15, 0.2) is 5.82 Å². The quantitative estimate of drug-likeness (QED) is 0.889. The van der Waals surface area contributed by atoms with Crippen molar-refractivity contribution in [3.8, 4) is 0 Å². The Kier molecular flexibility index (Phi) is 2.96. The second-order valence-electron chi connectivity index (χ2n) is 4.54. The normalized spacial score (nSPS) is 13.6. The molecule has 5 nitrogen and oxygen atoms in total. The molecular formula is C13H17N5. The Hall–Kier alpha value is -1.91. The summed E-state index contributed by atoms with van der Waals surface area (Å²) in [5.74, 6) is 1.88. The van der Waals surface area contributed by atoms with Crippen molar-refractivity contribution < 1.29 is 0 Å². The number of hydrogen-bond acceptors (Lipinski definition) is 4. The van der Waals surface area contributed by atoms with E-state index in [0.29, 0.717) is 6.54 Å². The first kappa shape index (κ1) is 11.2. The number of nitrogens with one attached hydrogen (secondary N) is 1. The van der Waals surface area contributed by atoms with Gasteiger partial charge in [-0.1, -0.05) is 6.07 Å². The van der Waals surface area contributed by atoms with E-state index in [2.05, 4.69) is 39.6 Å². The summed E-state index contributed by atoms with van der Waals surface area (Å²) in [5, 5.41) is 11.3.